The molecule has 0 unspecified atom stereocenters. The maximum atomic E-state index is 4.70. The summed E-state index contributed by atoms with van der Waals surface area (Å²) in [6.07, 6.45) is 3.69. The summed E-state index contributed by atoms with van der Waals surface area (Å²) in [6.45, 7) is 0. The number of anilines is 6. The molecule has 2 heterocycles. The normalized spacial score (nSPS) is 11.3. The Kier molecular flexibility index (Phi) is 5.75. The van der Waals surface area contributed by atoms with Gasteiger partial charge in [-0.05, 0) is 105 Å². The van der Waals surface area contributed by atoms with Crippen molar-refractivity contribution in [3.63, 3.8) is 0 Å². The molecule has 0 spiro atoms. The highest BCUT2D eigenvalue weighted by atomic mass is 15.2. The molecule has 0 saturated heterocycles. The number of pyridine rings is 2. The lowest BCUT2D eigenvalue weighted by Gasteiger charge is -2.26. The highest BCUT2D eigenvalue weighted by Gasteiger charge is 2.19. The van der Waals surface area contributed by atoms with E-state index in [9.17, 15) is 0 Å². The van der Waals surface area contributed by atoms with Crippen LogP contribution in [0.15, 0.2) is 158 Å². The molecule has 0 amide bonds. The van der Waals surface area contributed by atoms with E-state index in [1.807, 2.05) is 48.8 Å². The van der Waals surface area contributed by atoms with E-state index < -0.39 is 0 Å². The van der Waals surface area contributed by atoms with Crippen LogP contribution in [0.3, 0.4) is 0 Å². The van der Waals surface area contributed by atoms with Gasteiger partial charge < -0.3 is 0 Å². The van der Waals surface area contributed by atoms with Gasteiger partial charge in [-0.2, -0.15) is 0 Å². The number of aromatic nitrogens is 2. The molecule has 6 aromatic carbocycles. The molecule has 4 heteroatoms. The highest BCUT2D eigenvalue weighted by molar-refractivity contribution is 6.24. The van der Waals surface area contributed by atoms with E-state index >= 15 is 0 Å². The molecule has 0 atom stereocenters. The minimum Gasteiger partial charge on any atom is -0.295 e. The van der Waals surface area contributed by atoms with Crippen LogP contribution in [0.2, 0.25) is 0 Å². The van der Waals surface area contributed by atoms with Crippen molar-refractivity contribution >= 4 is 66.7 Å². The Morgan fingerprint density at radius 3 is 1.02 bits per heavy atom. The van der Waals surface area contributed by atoms with Gasteiger partial charge in [-0.1, -0.05) is 72.8 Å². The first-order valence-electron chi connectivity index (χ1n) is 14.1. The molecule has 0 saturated carbocycles. The molecule has 8 rings (SSSR count). The molecule has 0 aliphatic carbocycles. The largest absolute Gasteiger partial charge is 0.295 e. The second-order valence-electron chi connectivity index (χ2n) is 10.4. The summed E-state index contributed by atoms with van der Waals surface area (Å²) >= 11 is 0. The van der Waals surface area contributed by atoms with Gasteiger partial charge in [0.2, 0.25) is 0 Å². The fourth-order valence-electron chi connectivity index (χ4n) is 6.02. The first-order valence-corrected chi connectivity index (χ1v) is 14.1. The monoisotopic (exact) mass is 538 g/mol. The Balaban J connectivity index is 1.32. The van der Waals surface area contributed by atoms with E-state index in [0.29, 0.717) is 0 Å². The molecule has 4 nitrogen and oxygen atoms in total. The number of rotatable bonds is 6. The van der Waals surface area contributed by atoms with Crippen LogP contribution < -0.4 is 9.80 Å². The molecule has 8 aromatic rings. The van der Waals surface area contributed by atoms with Crippen molar-refractivity contribution in [2.75, 3.05) is 9.80 Å². The van der Waals surface area contributed by atoms with Crippen LogP contribution in [0.25, 0.3) is 32.3 Å². The SMILES string of the molecule is c1ccc(N(c2cc3ccc4cc(N(c5ccccc5)c5ccccn5)cc5ccc(c2)c3c45)c2ccccn2)cc1. The van der Waals surface area contributed by atoms with E-state index in [-0.39, 0.29) is 0 Å². The number of para-hydroxylation sites is 2. The maximum Gasteiger partial charge on any atom is 0.137 e. The van der Waals surface area contributed by atoms with Gasteiger partial charge in [-0.3, -0.25) is 9.80 Å². The molecule has 0 aliphatic rings. The fraction of sp³-hybridized carbons (Fsp3) is 0. The third-order valence-corrected chi connectivity index (χ3v) is 7.81. The highest BCUT2D eigenvalue weighted by Crippen LogP contribution is 2.43. The molecule has 0 N–H and O–H groups in total. The molecule has 2 aromatic heterocycles. The Morgan fingerprint density at radius 2 is 0.690 bits per heavy atom. The smallest absolute Gasteiger partial charge is 0.137 e. The maximum absolute atomic E-state index is 4.70. The Labute approximate surface area is 244 Å². The van der Waals surface area contributed by atoms with Gasteiger partial charge in [0.25, 0.3) is 0 Å². The average molecular weight is 539 g/mol. The van der Waals surface area contributed by atoms with Crippen LogP contribution in [-0.2, 0) is 0 Å². The van der Waals surface area contributed by atoms with Crippen LogP contribution in [0.1, 0.15) is 0 Å². The standard InChI is InChI=1S/C38H26N4/c1-3-11-31(12-4-1)41(35-15-7-9-21-39-35)33-23-27-17-19-29-25-34(26-30-20-18-28(24-33)37(27)38(29)30)42(32-13-5-2-6-14-32)36-16-8-10-22-40-36/h1-26H. The van der Waals surface area contributed by atoms with E-state index in [1.165, 1.54) is 32.3 Å². The zero-order valence-corrected chi connectivity index (χ0v) is 22.8. The first kappa shape index (κ1) is 24.1. The van der Waals surface area contributed by atoms with Crippen molar-refractivity contribution in [1.29, 1.82) is 0 Å². The Hall–Kier alpha value is -5.74. The lowest BCUT2D eigenvalue weighted by molar-refractivity contribution is 1.18. The van der Waals surface area contributed by atoms with E-state index in [4.69, 9.17) is 9.97 Å². The van der Waals surface area contributed by atoms with Crippen molar-refractivity contribution < 1.29 is 0 Å². The molecule has 42 heavy (non-hydrogen) atoms. The minimum atomic E-state index is 0.886. The summed E-state index contributed by atoms with van der Waals surface area (Å²) < 4.78 is 0. The summed E-state index contributed by atoms with van der Waals surface area (Å²) in [5.74, 6) is 1.77. The second kappa shape index (κ2) is 10.0. The predicted molar refractivity (Wildman–Crippen MR) is 175 cm³/mol. The van der Waals surface area contributed by atoms with E-state index in [1.54, 1.807) is 0 Å². The number of hydrogen-bond donors (Lipinski definition) is 0. The van der Waals surface area contributed by atoms with Gasteiger partial charge in [0, 0.05) is 35.1 Å². The third-order valence-electron chi connectivity index (χ3n) is 7.81. The van der Waals surface area contributed by atoms with Crippen LogP contribution in [0, 0.1) is 0 Å². The van der Waals surface area contributed by atoms with Crippen molar-refractivity contribution in [2.24, 2.45) is 0 Å². The van der Waals surface area contributed by atoms with E-state index in [2.05, 4.69) is 119 Å². The third kappa shape index (κ3) is 4.09. The first-order chi connectivity index (χ1) is 20.8. The van der Waals surface area contributed by atoms with Gasteiger partial charge in [-0.25, -0.2) is 9.97 Å². The van der Waals surface area contributed by atoms with Crippen LogP contribution >= 0.6 is 0 Å². The van der Waals surface area contributed by atoms with Gasteiger partial charge in [0.15, 0.2) is 0 Å². The Morgan fingerprint density at radius 1 is 0.333 bits per heavy atom. The topological polar surface area (TPSA) is 32.3 Å². The van der Waals surface area contributed by atoms with E-state index in [0.717, 1.165) is 34.4 Å². The van der Waals surface area contributed by atoms with Crippen molar-refractivity contribution in [2.45, 2.75) is 0 Å². The van der Waals surface area contributed by atoms with Crippen LogP contribution in [0.5, 0.6) is 0 Å². The molecule has 198 valence electrons. The number of hydrogen-bond acceptors (Lipinski definition) is 4. The quantitative estimate of drug-likeness (QED) is 0.197. The molecule has 0 bridgehead atoms. The lowest BCUT2D eigenvalue weighted by Crippen LogP contribution is -2.11. The fourth-order valence-corrected chi connectivity index (χ4v) is 6.02. The molecule has 0 fully saturated rings. The number of nitrogens with zero attached hydrogens (tertiary/aromatic N) is 4. The summed E-state index contributed by atoms with van der Waals surface area (Å²) in [4.78, 5) is 13.8. The summed E-state index contributed by atoms with van der Waals surface area (Å²) in [5, 5.41) is 7.37. The van der Waals surface area contributed by atoms with Crippen molar-refractivity contribution in [3.8, 4) is 0 Å². The van der Waals surface area contributed by atoms with Gasteiger partial charge in [0.1, 0.15) is 11.6 Å². The molecule has 0 radical (unpaired) electrons. The number of benzene rings is 6. The average Bonchev–Trinajstić information content (AvgIpc) is 3.06. The van der Waals surface area contributed by atoms with Crippen molar-refractivity contribution in [1.82, 2.24) is 9.97 Å². The lowest BCUT2D eigenvalue weighted by atomic mass is 9.93. The van der Waals surface area contributed by atoms with Crippen molar-refractivity contribution in [3.05, 3.63) is 158 Å². The summed E-state index contributed by atoms with van der Waals surface area (Å²) in [6, 6.07) is 51.0. The predicted octanol–water partition coefficient (Wildman–Crippen LogP) is 10.3. The minimum absolute atomic E-state index is 0.886. The summed E-state index contributed by atoms with van der Waals surface area (Å²) in [7, 11) is 0. The molecular formula is C38H26N4. The summed E-state index contributed by atoms with van der Waals surface area (Å²) in [5.41, 5.74) is 4.31. The molecular weight excluding hydrogens is 512 g/mol. The van der Waals surface area contributed by atoms with Crippen LogP contribution in [0.4, 0.5) is 34.4 Å². The zero-order valence-electron chi connectivity index (χ0n) is 22.8. The second-order valence-corrected chi connectivity index (χ2v) is 10.4. The zero-order chi connectivity index (χ0) is 27.9. The van der Waals surface area contributed by atoms with Gasteiger partial charge >= 0.3 is 0 Å². The Bertz CT molecular complexity index is 1830. The van der Waals surface area contributed by atoms with Gasteiger partial charge in [-0.15, -0.1) is 0 Å². The van der Waals surface area contributed by atoms with Gasteiger partial charge in [0.05, 0.1) is 0 Å². The van der Waals surface area contributed by atoms with Crippen LogP contribution in [-0.4, -0.2) is 9.97 Å². The molecule has 0 aliphatic heterocycles.